The van der Waals surface area contributed by atoms with E-state index in [2.05, 4.69) is 53.6 Å². The highest BCUT2D eigenvalue weighted by Gasteiger charge is 2.38. The molecule has 46 heavy (non-hydrogen) atoms. The minimum Gasteiger partial charge on any atom is -0.325 e. The highest BCUT2D eigenvalue weighted by Crippen LogP contribution is 2.25. The quantitative estimate of drug-likeness (QED) is 0.416. The van der Waals surface area contributed by atoms with E-state index in [1.807, 2.05) is 28.0 Å². The number of piperidine rings is 2. The topological polar surface area (TPSA) is 89.4 Å². The zero-order valence-corrected chi connectivity index (χ0v) is 27.9. The monoisotopic (exact) mass is 629 g/mol. The fraction of sp³-hybridized carbons (Fsp3) is 0.595. The Morgan fingerprint density at radius 3 is 2.33 bits per heavy atom. The van der Waals surface area contributed by atoms with E-state index in [0.717, 1.165) is 79.7 Å². The van der Waals surface area contributed by atoms with Gasteiger partial charge in [-0.25, -0.2) is 14.4 Å². The molecule has 4 aliphatic heterocycles. The molecule has 3 saturated heterocycles. The van der Waals surface area contributed by atoms with Gasteiger partial charge < -0.3 is 20.4 Å². The van der Waals surface area contributed by atoms with Crippen molar-refractivity contribution < 1.29 is 19.3 Å². The molecular formula is C37H53N6O3+. The number of amides is 5. The van der Waals surface area contributed by atoms with Crippen LogP contribution in [0.1, 0.15) is 74.6 Å². The van der Waals surface area contributed by atoms with Crippen molar-refractivity contribution in [3.8, 4) is 0 Å². The van der Waals surface area contributed by atoms with E-state index in [0.29, 0.717) is 32.1 Å². The molecule has 248 valence electrons. The van der Waals surface area contributed by atoms with Crippen LogP contribution in [0.5, 0.6) is 0 Å². The first-order valence-corrected chi connectivity index (χ1v) is 17.9. The van der Waals surface area contributed by atoms with Crippen molar-refractivity contribution in [2.75, 3.05) is 51.1 Å². The van der Waals surface area contributed by atoms with Crippen LogP contribution in [-0.4, -0.2) is 96.6 Å². The summed E-state index contributed by atoms with van der Waals surface area (Å²) < 4.78 is 0. The Labute approximate surface area is 274 Å². The maximum absolute atomic E-state index is 14.1. The summed E-state index contributed by atoms with van der Waals surface area (Å²) in [6, 6.07) is 14.4. The first-order chi connectivity index (χ1) is 22.4. The number of aryl methyl sites for hydroxylation is 2. The van der Waals surface area contributed by atoms with Crippen molar-refractivity contribution in [2.45, 2.75) is 96.2 Å². The van der Waals surface area contributed by atoms with Gasteiger partial charge in [0.15, 0.2) is 0 Å². The zero-order chi connectivity index (χ0) is 32.0. The van der Waals surface area contributed by atoms with Crippen molar-refractivity contribution >= 4 is 23.7 Å². The number of hydrogen-bond donors (Lipinski definition) is 3. The maximum Gasteiger partial charge on any atom is 0.334 e. The molecular weight excluding hydrogens is 576 g/mol. The summed E-state index contributed by atoms with van der Waals surface area (Å²) in [7, 11) is 0. The highest BCUT2D eigenvalue weighted by atomic mass is 16.2. The summed E-state index contributed by atoms with van der Waals surface area (Å²) in [5, 5.41) is 6.28. The van der Waals surface area contributed by atoms with Gasteiger partial charge in [0, 0.05) is 56.7 Å². The van der Waals surface area contributed by atoms with Crippen molar-refractivity contribution in [3.05, 3.63) is 64.7 Å². The van der Waals surface area contributed by atoms with Gasteiger partial charge in [0.1, 0.15) is 6.04 Å². The molecule has 9 nitrogen and oxygen atoms in total. The summed E-state index contributed by atoms with van der Waals surface area (Å²) in [4.78, 5) is 48.3. The van der Waals surface area contributed by atoms with Gasteiger partial charge in [-0.15, -0.1) is 0 Å². The SMILES string of the molecule is CCc1ccc(C[C@@H](NC(=O)N2CCC(N3CCc4ccccc4NC3=O)CC2)C(=O)[NH+]2CCC(N3CCCC3)CC2)cc1CC. The Kier molecular flexibility index (Phi) is 10.6. The number of likely N-dealkylation sites (tertiary alicyclic amines) is 3. The number of urea groups is 2. The van der Waals surface area contributed by atoms with Crippen molar-refractivity contribution in [1.29, 1.82) is 0 Å². The number of anilines is 1. The van der Waals surface area contributed by atoms with Gasteiger partial charge in [-0.3, -0.25) is 9.80 Å². The molecule has 0 unspecified atom stereocenters. The molecule has 5 amide bonds. The van der Waals surface area contributed by atoms with Crippen molar-refractivity contribution in [1.82, 2.24) is 20.0 Å². The molecule has 4 heterocycles. The molecule has 0 bridgehead atoms. The second-order valence-electron chi connectivity index (χ2n) is 13.7. The number of fused-ring (bicyclic) bond motifs is 1. The first kappa shape index (κ1) is 32.5. The van der Waals surface area contributed by atoms with Crippen LogP contribution in [0.3, 0.4) is 0 Å². The number of rotatable bonds is 8. The van der Waals surface area contributed by atoms with E-state index in [-0.39, 0.29) is 24.0 Å². The molecule has 0 aromatic heterocycles. The third kappa shape index (κ3) is 7.41. The van der Waals surface area contributed by atoms with Crippen LogP contribution in [0.2, 0.25) is 0 Å². The minimum absolute atomic E-state index is 0.0597. The highest BCUT2D eigenvalue weighted by molar-refractivity contribution is 5.91. The van der Waals surface area contributed by atoms with Crippen LogP contribution in [-0.2, 0) is 30.5 Å². The molecule has 3 N–H and O–H groups in total. The molecule has 0 radical (unpaired) electrons. The lowest BCUT2D eigenvalue weighted by atomic mass is 9.96. The number of carbonyl (C=O) groups excluding carboxylic acids is 3. The Bertz CT molecular complexity index is 1370. The number of quaternary nitrogens is 1. The van der Waals surface area contributed by atoms with Gasteiger partial charge in [0.2, 0.25) is 0 Å². The molecule has 9 heteroatoms. The molecule has 0 aliphatic carbocycles. The van der Waals surface area contributed by atoms with E-state index in [4.69, 9.17) is 0 Å². The van der Waals surface area contributed by atoms with E-state index >= 15 is 0 Å². The Morgan fingerprint density at radius 2 is 1.61 bits per heavy atom. The third-order valence-corrected chi connectivity index (χ3v) is 11.0. The van der Waals surface area contributed by atoms with Crippen LogP contribution in [0.15, 0.2) is 42.5 Å². The number of para-hydroxylation sites is 1. The van der Waals surface area contributed by atoms with Gasteiger partial charge in [-0.05, 0) is 86.4 Å². The van der Waals surface area contributed by atoms with Gasteiger partial charge in [-0.1, -0.05) is 50.2 Å². The van der Waals surface area contributed by atoms with Crippen LogP contribution >= 0.6 is 0 Å². The standard InChI is InChI=1S/C37H52N6O3/c1-3-28-12-11-27(25-29(28)4-2)26-34(35(44)41-20-14-31(15-21-41)40-18-7-8-19-40)39-36(45)42-22-16-32(17-23-42)43-24-13-30-9-5-6-10-33(30)38-37(43)46/h5-6,9-12,25,31-32,34H,3-4,7-8,13-24,26H2,1-2H3,(H,38,46)(H,39,45)/p+1/t34-/m1/s1. The number of nitrogens with zero attached hydrogens (tertiary/aromatic N) is 3. The van der Waals surface area contributed by atoms with Crippen LogP contribution < -0.4 is 15.5 Å². The molecule has 1 atom stereocenters. The fourth-order valence-corrected chi connectivity index (χ4v) is 8.20. The van der Waals surface area contributed by atoms with E-state index < -0.39 is 6.04 Å². The molecule has 2 aromatic carbocycles. The predicted octanol–water partition coefficient (Wildman–Crippen LogP) is 3.66. The van der Waals surface area contributed by atoms with Crippen LogP contribution in [0.4, 0.5) is 15.3 Å². The molecule has 4 aliphatic rings. The lowest BCUT2D eigenvalue weighted by Gasteiger charge is -2.38. The number of nitrogens with one attached hydrogen (secondary N) is 3. The number of hydrogen-bond acceptors (Lipinski definition) is 4. The van der Waals surface area contributed by atoms with Crippen LogP contribution in [0.25, 0.3) is 0 Å². The minimum atomic E-state index is -0.573. The average Bonchev–Trinajstić information content (AvgIpc) is 3.58. The zero-order valence-electron chi connectivity index (χ0n) is 27.9. The molecule has 6 rings (SSSR count). The molecule has 0 spiro atoms. The summed E-state index contributed by atoms with van der Waals surface area (Å²) in [6.45, 7) is 10.2. The summed E-state index contributed by atoms with van der Waals surface area (Å²) >= 11 is 0. The number of carbonyl (C=O) groups is 3. The Morgan fingerprint density at radius 1 is 0.891 bits per heavy atom. The average molecular weight is 630 g/mol. The van der Waals surface area contributed by atoms with E-state index in [1.165, 1.54) is 37.1 Å². The molecule has 0 saturated carbocycles. The van der Waals surface area contributed by atoms with Gasteiger partial charge in [-0.2, -0.15) is 0 Å². The Balaban J connectivity index is 1.09. The van der Waals surface area contributed by atoms with Gasteiger partial charge in [0.05, 0.1) is 13.1 Å². The van der Waals surface area contributed by atoms with Gasteiger partial charge in [0.25, 0.3) is 0 Å². The number of benzene rings is 2. The van der Waals surface area contributed by atoms with E-state index in [1.54, 1.807) is 0 Å². The van der Waals surface area contributed by atoms with Crippen LogP contribution in [0, 0.1) is 0 Å². The molecule has 2 aromatic rings. The lowest BCUT2D eigenvalue weighted by Crippen LogP contribution is -3.17. The predicted molar refractivity (Wildman–Crippen MR) is 181 cm³/mol. The largest absolute Gasteiger partial charge is 0.334 e. The second-order valence-corrected chi connectivity index (χ2v) is 13.7. The third-order valence-electron chi connectivity index (χ3n) is 11.0. The van der Waals surface area contributed by atoms with Gasteiger partial charge >= 0.3 is 18.0 Å². The summed E-state index contributed by atoms with van der Waals surface area (Å²) in [5.74, 6) is 0.113. The fourth-order valence-electron chi connectivity index (χ4n) is 8.20. The summed E-state index contributed by atoms with van der Waals surface area (Å²) in [6.07, 6.45) is 9.36. The summed E-state index contributed by atoms with van der Waals surface area (Å²) in [5.41, 5.74) is 5.81. The normalized spacial score (nSPS) is 23.4. The first-order valence-electron chi connectivity index (χ1n) is 17.9. The molecule has 3 fully saturated rings. The second kappa shape index (κ2) is 15.0. The van der Waals surface area contributed by atoms with Crippen molar-refractivity contribution in [2.24, 2.45) is 0 Å². The Hall–Kier alpha value is -3.43. The van der Waals surface area contributed by atoms with E-state index in [9.17, 15) is 14.4 Å². The smallest absolute Gasteiger partial charge is 0.325 e. The maximum atomic E-state index is 14.1. The lowest BCUT2D eigenvalue weighted by molar-refractivity contribution is -0.827. The van der Waals surface area contributed by atoms with Crippen molar-refractivity contribution in [3.63, 3.8) is 0 Å².